The van der Waals surface area contributed by atoms with Crippen LogP contribution in [-0.4, -0.2) is 29.6 Å². The molecule has 2 N–H and O–H groups in total. The molecule has 3 heteroatoms. The fraction of sp³-hybridized carbons (Fsp3) is 1.00. The van der Waals surface area contributed by atoms with Gasteiger partial charge in [0.1, 0.15) is 0 Å². The molecule has 0 aliphatic rings. The third-order valence-electron chi connectivity index (χ3n) is 1.67. The van der Waals surface area contributed by atoms with Crippen LogP contribution >= 0.6 is 12.6 Å². The Morgan fingerprint density at radius 2 is 2.20 bits per heavy atom. The van der Waals surface area contributed by atoms with Gasteiger partial charge in [-0.1, -0.05) is 0 Å². The van der Waals surface area contributed by atoms with Crippen LogP contribution in [0.25, 0.3) is 0 Å². The molecule has 0 aliphatic heterocycles. The topological polar surface area (TPSA) is 26.0 Å². The molecular weight excluding hydrogens is 249 g/mol. The first-order chi connectivity index (χ1) is 4.66. The van der Waals surface area contributed by atoms with Crippen LogP contribution in [0.4, 0.5) is 0 Å². The van der Waals surface area contributed by atoms with Crippen LogP contribution in [0.15, 0.2) is 0 Å². The third-order valence-corrected chi connectivity index (χ3v) is 11.6. The molecule has 0 aromatic heterocycles. The van der Waals surface area contributed by atoms with Crippen LogP contribution in [0.3, 0.4) is 0 Å². The second kappa shape index (κ2) is 6.80. The van der Waals surface area contributed by atoms with Crippen molar-refractivity contribution in [3.05, 3.63) is 0 Å². The van der Waals surface area contributed by atoms with E-state index in [0.29, 0.717) is 6.04 Å². The van der Waals surface area contributed by atoms with Crippen LogP contribution in [-0.2, 0) is 0 Å². The van der Waals surface area contributed by atoms with Crippen LogP contribution < -0.4 is 5.73 Å². The zero-order valence-electron chi connectivity index (χ0n) is 7.01. The van der Waals surface area contributed by atoms with E-state index in [4.69, 9.17) is 5.73 Å². The molecule has 0 heterocycles. The summed E-state index contributed by atoms with van der Waals surface area (Å²) in [5.74, 6) is 0. The Hall–Kier alpha value is 1.11. The summed E-state index contributed by atoms with van der Waals surface area (Å²) in [4.78, 5) is 2.44. The zero-order valence-corrected chi connectivity index (χ0v) is 11.2. The van der Waals surface area contributed by atoms with Crippen molar-refractivity contribution in [2.75, 3.05) is 3.77 Å². The van der Waals surface area contributed by atoms with E-state index < -0.39 is 19.8 Å². The Morgan fingerprint density at radius 1 is 1.60 bits per heavy atom. The van der Waals surface area contributed by atoms with Gasteiger partial charge < -0.3 is 0 Å². The molecule has 0 fully saturated rings. The maximum atomic E-state index is 5.62. The molecule has 0 saturated carbocycles. The van der Waals surface area contributed by atoms with Crippen molar-refractivity contribution in [2.24, 2.45) is 5.73 Å². The molecule has 62 valence electrons. The van der Waals surface area contributed by atoms with Crippen LogP contribution in [0.5, 0.6) is 0 Å². The van der Waals surface area contributed by atoms with E-state index in [0.717, 1.165) is 0 Å². The van der Waals surface area contributed by atoms with E-state index >= 15 is 0 Å². The molecule has 0 aromatic carbocycles. The van der Waals surface area contributed by atoms with E-state index in [2.05, 4.69) is 24.5 Å². The molecule has 0 rings (SSSR count). The van der Waals surface area contributed by atoms with Gasteiger partial charge in [-0.05, 0) is 0 Å². The Morgan fingerprint density at radius 3 is 2.60 bits per heavy atom. The van der Waals surface area contributed by atoms with Gasteiger partial charge in [0.05, 0.1) is 0 Å². The monoisotopic (exact) mass is 269 g/mol. The molecule has 2 atom stereocenters. The van der Waals surface area contributed by atoms with Gasteiger partial charge in [0.25, 0.3) is 0 Å². The number of thiol groups is 1. The fourth-order valence-corrected chi connectivity index (χ4v) is 5.29. The molecule has 2 unspecified atom stereocenters. The van der Waals surface area contributed by atoms with Gasteiger partial charge in [0.2, 0.25) is 0 Å². The summed E-state index contributed by atoms with van der Waals surface area (Å²) in [5.41, 5.74) is 5.62. The summed E-state index contributed by atoms with van der Waals surface area (Å²) in [6.45, 7) is 2.08. The van der Waals surface area contributed by atoms with Gasteiger partial charge in [-0.15, -0.1) is 0 Å². The second-order valence-corrected chi connectivity index (χ2v) is 14.6. The Bertz CT molecular complexity index is 78.0. The summed E-state index contributed by atoms with van der Waals surface area (Å²) >= 11 is 3.26. The summed E-state index contributed by atoms with van der Waals surface area (Å²) < 4.78 is 2.69. The second-order valence-electron chi connectivity index (χ2n) is 3.20. The van der Waals surface area contributed by atoms with E-state index in [1.54, 1.807) is 0 Å². The Labute approximate surface area is 76.9 Å². The van der Waals surface area contributed by atoms with Crippen molar-refractivity contribution in [3.63, 3.8) is 0 Å². The molecule has 0 bridgehead atoms. The predicted molar refractivity (Wildman–Crippen MR) is 54.6 cm³/mol. The molecule has 0 saturated heterocycles. The van der Waals surface area contributed by atoms with Crippen molar-refractivity contribution in [1.29, 1.82) is 0 Å². The third kappa shape index (κ3) is 7.22. The first kappa shape index (κ1) is 11.1. The summed E-state index contributed by atoms with van der Waals surface area (Å²) in [7, 11) is 0. The summed E-state index contributed by atoms with van der Waals surface area (Å²) in [5, 5.41) is 0. The molecule has 0 aromatic rings. The van der Waals surface area contributed by atoms with Gasteiger partial charge in [-0.25, -0.2) is 0 Å². The van der Waals surface area contributed by atoms with Gasteiger partial charge in [0.15, 0.2) is 0 Å². The molecule has 0 radical (unpaired) electrons. The maximum absolute atomic E-state index is 5.62. The average molecular weight is 268 g/mol. The molecule has 10 heavy (non-hydrogen) atoms. The molecule has 0 amide bonds. The molecule has 1 nitrogen and oxygen atoms in total. The number of nitrogens with two attached hydrogens (primary N) is 1. The minimum atomic E-state index is -1.04. The Balaban J connectivity index is 3.03. The molecular formula is C7H19NSSn. The van der Waals surface area contributed by atoms with Gasteiger partial charge in [-0.2, -0.15) is 0 Å². The van der Waals surface area contributed by atoms with E-state index in [1.807, 2.05) is 0 Å². The molecule has 0 spiro atoms. The van der Waals surface area contributed by atoms with E-state index in [1.165, 1.54) is 21.0 Å². The van der Waals surface area contributed by atoms with Crippen molar-refractivity contribution in [2.45, 2.75) is 35.2 Å². The van der Waals surface area contributed by atoms with Crippen LogP contribution in [0.2, 0.25) is 9.38 Å². The van der Waals surface area contributed by atoms with Crippen molar-refractivity contribution in [1.82, 2.24) is 0 Å². The van der Waals surface area contributed by atoms with Gasteiger partial charge >= 0.3 is 77.1 Å². The predicted octanol–water partition coefficient (Wildman–Crippen LogP) is 1.44. The number of hydrogen-bond acceptors (Lipinski definition) is 2. The van der Waals surface area contributed by atoms with Crippen molar-refractivity contribution in [3.8, 4) is 0 Å². The van der Waals surface area contributed by atoms with Crippen LogP contribution in [0.1, 0.15) is 19.8 Å². The van der Waals surface area contributed by atoms with Gasteiger partial charge in [-0.3, -0.25) is 0 Å². The number of hydrogen-bond donors (Lipinski definition) is 2. The zero-order chi connectivity index (χ0) is 7.98. The fourth-order valence-electron chi connectivity index (χ4n) is 0.880. The summed E-state index contributed by atoms with van der Waals surface area (Å²) in [6.07, 6.45) is 2.55. The standard InChI is InChI=1S/C5H12N.CH3S.CH3.Sn.H/c1-3-4-5(2)6;1-2;;;/h5H,1,3-4,6H2,2H3;2H,1H2;1H3;;. The quantitative estimate of drug-likeness (QED) is 0.572. The van der Waals surface area contributed by atoms with Crippen molar-refractivity contribution < 1.29 is 0 Å². The molecule has 0 aliphatic carbocycles. The SMILES string of the molecule is CC(N)CC[CH2][SnH]([CH3])[CH2]S. The summed E-state index contributed by atoms with van der Waals surface area (Å²) in [6, 6.07) is 0.401. The van der Waals surface area contributed by atoms with Gasteiger partial charge in [0, 0.05) is 0 Å². The van der Waals surface area contributed by atoms with E-state index in [-0.39, 0.29) is 0 Å². The first-order valence-corrected chi connectivity index (χ1v) is 12.6. The average Bonchev–Trinajstić information content (AvgIpc) is 1.87. The van der Waals surface area contributed by atoms with Crippen LogP contribution in [0, 0.1) is 0 Å². The number of rotatable bonds is 5. The first-order valence-electron chi connectivity index (χ1n) is 4.03. The minimum absolute atomic E-state index is 0.401. The van der Waals surface area contributed by atoms with Crippen molar-refractivity contribution >= 4 is 32.4 Å². The Kier molecular flexibility index (Phi) is 7.55. The van der Waals surface area contributed by atoms with E-state index in [9.17, 15) is 0 Å². The normalized spacial score (nSPS) is 16.8.